The molecule has 0 radical (unpaired) electrons. The second-order valence-electron chi connectivity index (χ2n) is 10.3. The molecule has 0 saturated heterocycles. The molecule has 166 valence electrons. The predicted octanol–water partition coefficient (Wildman–Crippen LogP) is 3.48. The van der Waals surface area contributed by atoms with E-state index < -0.39 is 0 Å². The molecule has 0 aromatic rings. The topological polar surface area (TPSA) is 92.7 Å². The van der Waals surface area contributed by atoms with Crippen LogP contribution in [0.4, 0.5) is 4.79 Å². The van der Waals surface area contributed by atoms with E-state index in [2.05, 4.69) is 4.90 Å². The summed E-state index contributed by atoms with van der Waals surface area (Å²) < 4.78 is 0. The van der Waals surface area contributed by atoms with Crippen molar-refractivity contribution >= 4 is 11.9 Å². The van der Waals surface area contributed by atoms with Crippen LogP contribution in [-0.4, -0.2) is 54.0 Å². The number of unbranched alkanes of at least 4 members (excludes halogenated alkanes) is 6. The van der Waals surface area contributed by atoms with Crippen molar-refractivity contribution in [3.05, 3.63) is 0 Å². The van der Waals surface area contributed by atoms with Gasteiger partial charge >= 0.3 is 6.03 Å². The third-order valence-corrected chi connectivity index (χ3v) is 7.69. The van der Waals surface area contributed by atoms with Gasteiger partial charge in [-0.25, -0.2) is 4.79 Å². The Morgan fingerprint density at radius 2 is 1.24 bits per heavy atom. The van der Waals surface area contributed by atoms with Crippen molar-refractivity contribution in [1.82, 2.24) is 9.80 Å². The van der Waals surface area contributed by atoms with Gasteiger partial charge in [-0.05, 0) is 82.7 Å². The zero-order valence-electron chi connectivity index (χ0n) is 18.4. The fourth-order valence-corrected chi connectivity index (χ4v) is 6.86. The fraction of sp³-hybridized carbons (Fsp3) is 0.913. The van der Waals surface area contributed by atoms with E-state index in [9.17, 15) is 9.59 Å². The molecule has 0 aromatic carbocycles. The fourth-order valence-electron chi connectivity index (χ4n) is 6.86. The Morgan fingerprint density at radius 3 is 1.69 bits per heavy atom. The zero-order chi connectivity index (χ0) is 20.9. The maximum absolute atomic E-state index is 12.3. The molecule has 4 N–H and O–H groups in total. The van der Waals surface area contributed by atoms with Gasteiger partial charge in [-0.15, -0.1) is 0 Å². The average molecular weight is 407 g/mol. The third kappa shape index (κ3) is 6.09. The summed E-state index contributed by atoms with van der Waals surface area (Å²) in [7, 11) is 1.94. The van der Waals surface area contributed by atoms with Crippen LogP contribution in [0.5, 0.6) is 0 Å². The second-order valence-corrected chi connectivity index (χ2v) is 10.3. The van der Waals surface area contributed by atoms with Gasteiger partial charge in [-0.1, -0.05) is 32.1 Å². The molecular weight excluding hydrogens is 364 g/mol. The lowest BCUT2D eigenvalue weighted by atomic mass is 9.52. The minimum absolute atomic E-state index is 0.0948. The van der Waals surface area contributed by atoms with Gasteiger partial charge in [0.05, 0.1) is 6.54 Å². The van der Waals surface area contributed by atoms with Gasteiger partial charge in [0, 0.05) is 12.1 Å². The van der Waals surface area contributed by atoms with Crippen LogP contribution in [0.15, 0.2) is 0 Å². The Bertz CT molecular complexity index is 530. The number of urea groups is 1. The molecule has 4 fully saturated rings. The SMILES string of the molecule is CN(CCCCCCCCCN(C(N)=O)C12CC3CC(CC(C3)C1)C2)CC(N)=O. The van der Waals surface area contributed by atoms with Crippen LogP contribution in [-0.2, 0) is 4.79 Å². The maximum Gasteiger partial charge on any atom is 0.315 e. The van der Waals surface area contributed by atoms with Crippen molar-refractivity contribution in [2.24, 2.45) is 29.2 Å². The van der Waals surface area contributed by atoms with E-state index in [-0.39, 0.29) is 17.5 Å². The van der Waals surface area contributed by atoms with E-state index in [1.807, 2.05) is 11.9 Å². The number of carbonyl (C=O) groups is 2. The molecule has 3 amide bonds. The number of rotatable bonds is 13. The average Bonchev–Trinajstić information content (AvgIpc) is 2.61. The summed E-state index contributed by atoms with van der Waals surface area (Å²) in [6, 6.07) is -0.188. The normalized spacial score (nSPS) is 30.1. The van der Waals surface area contributed by atoms with Gasteiger partial charge in [0.15, 0.2) is 0 Å². The monoisotopic (exact) mass is 406 g/mol. The van der Waals surface area contributed by atoms with E-state index >= 15 is 0 Å². The number of hydrogen-bond acceptors (Lipinski definition) is 3. The van der Waals surface area contributed by atoms with Crippen LogP contribution in [0.25, 0.3) is 0 Å². The van der Waals surface area contributed by atoms with Gasteiger partial charge in [0.2, 0.25) is 5.91 Å². The van der Waals surface area contributed by atoms with Crippen molar-refractivity contribution in [3.8, 4) is 0 Å². The van der Waals surface area contributed by atoms with Crippen molar-refractivity contribution in [1.29, 1.82) is 0 Å². The molecule has 0 unspecified atom stereocenters. The summed E-state index contributed by atoms with van der Waals surface area (Å²) in [6.45, 7) is 2.13. The molecule has 0 aliphatic heterocycles. The number of nitrogens with two attached hydrogens (primary N) is 2. The predicted molar refractivity (Wildman–Crippen MR) is 116 cm³/mol. The third-order valence-electron chi connectivity index (χ3n) is 7.69. The molecule has 4 rings (SSSR count). The first-order chi connectivity index (χ1) is 13.9. The Balaban J connectivity index is 1.29. The van der Waals surface area contributed by atoms with Crippen LogP contribution in [0, 0.1) is 17.8 Å². The lowest BCUT2D eigenvalue weighted by molar-refractivity contribution is -0.118. The molecule has 4 saturated carbocycles. The van der Waals surface area contributed by atoms with Crippen molar-refractivity contribution in [3.63, 3.8) is 0 Å². The summed E-state index contributed by atoms with van der Waals surface area (Å²) in [6.07, 6.45) is 16.1. The lowest BCUT2D eigenvalue weighted by Gasteiger charge is -2.60. The molecule has 6 nitrogen and oxygen atoms in total. The highest BCUT2D eigenvalue weighted by molar-refractivity contribution is 5.75. The molecule has 4 aliphatic carbocycles. The minimum atomic E-state index is -0.258. The first kappa shape index (κ1) is 22.4. The van der Waals surface area contributed by atoms with Crippen LogP contribution in [0.2, 0.25) is 0 Å². The van der Waals surface area contributed by atoms with Crippen molar-refractivity contribution in [2.75, 3.05) is 26.7 Å². The van der Waals surface area contributed by atoms with E-state index in [4.69, 9.17) is 11.5 Å². The molecule has 0 heterocycles. The Kier molecular flexibility index (Phi) is 7.83. The summed E-state index contributed by atoms with van der Waals surface area (Å²) >= 11 is 0. The molecule has 4 aliphatic rings. The van der Waals surface area contributed by atoms with Gasteiger partial charge in [0.25, 0.3) is 0 Å². The highest BCUT2D eigenvalue weighted by Crippen LogP contribution is 2.57. The summed E-state index contributed by atoms with van der Waals surface area (Å²) in [5.74, 6) is 2.26. The molecular formula is C23H42N4O2. The van der Waals surface area contributed by atoms with E-state index in [1.165, 1.54) is 70.6 Å². The van der Waals surface area contributed by atoms with Crippen molar-refractivity contribution in [2.45, 2.75) is 89.0 Å². The highest BCUT2D eigenvalue weighted by atomic mass is 16.2. The summed E-state index contributed by atoms with van der Waals surface area (Å²) in [4.78, 5) is 27.2. The quantitative estimate of drug-likeness (QED) is 0.459. The Morgan fingerprint density at radius 1 is 0.793 bits per heavy atom. The van der Waals surface area contributed by atoms with Crippen LogP contribution >= 0.6 is 0 Å². The standard InChI is InChI=1S/C23H42N4O2/c1-26(17-21(24)28)9-7-5-3-2-4-6-8-10-27(22(25)29)23-14-18-11-19(15-23)13-20(12-18)16-23/h18-20H,2-17H2,1H3,(H2,24,28)(H2,25,29). The van der Waals surface area contributed by atoms with Crippen molar-refractivity contribution < 1.29 is 9.59 Å². The number of likely N-dealkylation sites (N-methyl/N-ethyl adjacent to an activating group) is 1. The van der Waals surface area contributed by atoms with Gasteiger partial charge in [-0.3, -0.25) is 9.69 Å². The number of hydrogen-bond donors (Lipinski definition) is 2. The smallest absolute Gasteiger partial charge is 0.315 e. The summed E-state index contributed by atoms with van der Waals surface area (Å²) in [5.41, 5.74) is 11.2. The summed E-state index contributed by atoms with van der Waals surface area (Å²) in [5, 5.41) is 0. The Hall–Kier alpha value is -1.30. The molecule has 0 atom stereocenters. The van der Waals surface area contributed by atoms with Crippen LogP contribution < -0.4 is 11.5 Å². The molecule has 0 spiro atoms. The van der Waals surface area contributed by atoms with Gasteiger partial charge < -0.3 is 16.4 Å². The second kappa shape index (κ2) is 10.1. The molecule has 6 heteroatoms. The lowest BCUT2D eigenvalue weighted by Crippen LogP contribution is -2.62. The molecule has 0 aromatic heterocycles. The first-order valence-corrected chi connectivity index (χ1v) is 11.9. The highest BCUT2D eigenvalue weighted by Gasteiger charge is 2.54. The van der Waals surface area contributed by atoms with E-state index in [0.717, 1.165) is 43.7 Å². The number of carbonyl (C=O) groups excluding carboxylic acids is 2. The largest absolute Gasteiger partial charge is 0.369 e. The van der Waals surface area contributed by atoms with Crippen LogP contribution in [0.3, 0.4) is 0 Å². The molecule has 4 bridgehead atoms. The van der Waals surface area contributed by atoms with E-state index in [1.54, 1.807) is 0 Å². The van der Waals surface area contributed by atoms with Crippen LogP contribution in [0.1, 0.15) is 83.5 Å². The zero-order valence-corrected chi connectivity index (χ0v) is 18.4. The van der Waals surface area contributed by atoms with Gasteiger partial charge in [0.1, 0.15) is 0 Å². The maximum atomic E-state index is 12.3. The van der Waals surface area contributed by atoms with E-state index in [0.29, 0.717) is 6.54 Å². The number of nitrogens with zero attached hydrogens (tertiary/aromatic N) is 2. The molecule has 29 heavy (non-hydrogen) atoms. The first-order valence-electron chi connectivity index (χ1n) is 11.9. The Labute approximate surface area is 176 Å². The number of primary amides is 2. The number of amides is 3. The van der Waals surface area contributed by atoms with Gasteiger partial charge in [-0.2, -0.15) is 0 Å². The minimum Gasteiger partial charge on any atom is -0.369 e.